The first-order chi connectivity index (χ1) is 7.99. The van der Waals surface area contributed by atoms with Crippen LogP contribution in [-0.4, -0.2) is 41.6 Å². The van der Waals surface area contributed by atoms with Crippen molar-refractivity contribution in [3.63, 3.8) is 0 Å². The SMILES string of the molecule is CN(CCC(O)c1ccc(F)cn1)CC(F)F. The van der Waals surface area contributed by atoms with E-state index in [2.05, 4.69) is 4.98 Å². The van der Waals surface area contributed by atoms with Gasteiger partial charge in [-0.25, -0.2) is 13.2 Å². The number of aliphatic hydroxyl groups is 1. The number of hydrogen-bond donors (Lipinski definition) is 1. The molecule has 0 aliphatic heterocycles. The zero-order chi connectivity index (χ0) is 12.8. The van der Waals surface area contributed by atoms with Crippen LogP contribution in [0.25, 0.3) is 0 Å². The van der Waals surface area contributed by atoms with Crippen LogP contribution in [0.1, 0.15) is 18.2 Å². The van der Waals surface area contributed by atoms with Crippen molar-refractivity contribution in [2.75, 3.05) is 20.1 Å². The van der Waals surface area contributed by atoms with E-state index < -0.39 is 18.3 Å². The highest BCUT2D eigenvalue weighted by Crippen LogP contribution is 2.14. The molecule has 17 heavy (non-hydrogen) atoms. The van der Waals surface area contributed by atoms with E-state index in [4.69, 9.17) is 0 Å². The van der Waals surface area contributed by atoms with Gasteiger partial charge in [0.1, 0.15) is 5.82 Å². The van der Waals surface area contributed by atoms with Gasteiger partial charge in [-0.1, -0.05) is 0 Å². The topological polar surface area (TPSA) is 36.4 Å². The Morgan fingerprint density at radius 3 is 2.65 bits per heavy atom. The standard InChI is InChI=1S/C11H15F3N2O/c1-16(7-11(13)14)5-4-10(17)9-3-2-8(12)6-15-9/h2-3,6,10-11,17H,4-5,7H2,1H3. The van der Waals surface area contributed by atoms with Crippen molar-refractivity contribution < 1.29 is 18.3 Å². The fraction of sp³-hybridized carbons (Fsp3) is 0.545. The van der Waals surface area contributed by atoms with Crippen LogP contribution in [0.5, 0.6) is 0 Å². The summed E-state index contributed by atoms with van der Waals surface area (Å²) >= 11 is 0. The lowest BCUT2D eigenvalue weighted by Crippen LogP contribution is -2.26. The van der Waals surface area contributed by atoms with Gasteiger partial charge in [0.15, 0.2) is 0 Å². The van der Waals surface area contributed by atoms with E-state index in [9.17, 15) is 18.3 Å². The van der Waals surface area contributed by atoms with Gasteiger partial charge in [0.25, 0.3) is 6.43 Å². The van der Waals surface area contributed by atoms with E-state index in [0.29, 0.717) is 12.2 Å². The second-order valence-corrected chi connectivity index (χ2v) is 3.86. The van der Waals surface area contributed by atoms with Crippen molar-refractivity contribution in [3.05, 3.63) is 29.8 Å². The molecule has 1 rings (SSSR count). The summed E-state index contributed by atoms with van der Waals surface area (Å²) in [5, 5.41) is 9.70. The number of aliphatic hydroxyl groups excluding tert-OH is 1. The molecule has 1 heterocycles. The molecule has 0 amide bonds. The minimum absolute atomic E-state index is 0.280. The number of alkyl halides is 2. The molecule has 0 aliphatic carbocycles. The molecule has 0 bridgehead atoms. The number of rotatable bonds is 6. The van der Waals surface area contributed by atoms with Gasteiger partial charge in [-0.05, 0) is 25.6 Å². The van der Waals surface area contributed by atoms with E-state index in [1.54, 1.807) is 7.05 Å². The third-order valence-corrected chi connectivity index (χ3v) is 2.33. The number of nitrogens with zero attached hydrogens (tertiary/aromatic N) is 2. The Labute approximate surface area is 97.9 Å². The Hall–Kier alpha value is -1.14. The number of pyridine rings is 1. The highest BCUT2D eigenvalue weighted by Gasteiger charge is 2.12. The molecule has 0 saturated heterocycles. The second kappa shape index (κ2) is 6.56. The minimum Gasteiger partial charge on any atom is -0.387 e. The molecule has 6 heteroatoms. The molecule has 0 saturated carbocycles. The maximum Gasteiger partial charge on any atom is 0.251 e. The zero-order valence-electron chi connectivity index (χ0n) is 9.48. The maximum atomic E-state index is 12.6. The third kappa shape index (κ3) is 5.14. The molecule has 1 aromatic rings. The number of halogens is 3. The highest BCUT2D eigenvalue weighted by atomic mass is 19.3. The molecule has 0 aliphatic rings. The van der Waals surface area contributed by atoms with Gasteiger partial charge in [-0.2, -0.15) is 0 Å². The number of aromatic nitrogens is 1. The lowest BCUT2D eigenvalue weighted by atomic mass is 10.1. The third-order valence-electron chi connectivity index (χ3n) is 2.33. The Morgan fingerprint density at radius 1 is 1.41 bits per heavy atom. The summed E-state index contributed by atoms with van der Waals surface area (Å²) < 4.78 is 36.6. The van der Waals surface area contributed by atoms with Crippen LogP contribution >= 0.6 is 0 Å². The zero-order valence-corrected chi connectivity index (χ0v) is 9.48. The lowest BCUT2D eigenvalue weighted by Gasteiger charge is -2.18. The Morgan fingerprint density at radius 2 is 2.12 bits per heavy atom. The summed E-state index contributed by atoms with van der Waals surface area (Å²) in [5.41, 5.74) is 0.344. The van der Waals surface area contributed by atoms with Gasteiger partial charge in [-0.15, -0.1) is 0 Å². The van der Waals surface area contributed by atoms with E-state index in [1.807, 2.05) is 0 Å². The molecule has 0 spiro atoms. The summed E-state index contributed by atoms with van der Waals surface area (Å²) in [4.78, 5) is 5.15. The molecular weight excluding hydrogens is 233 g/mol. The molecule has 96 valence electrons. The molecule has 0 fully saturated rings. The first kappa shape index (κ1) is 13.9. The monoisotopic (exact) mass is 248 g/mol. The van der Waals surface area contributed by atoms with Crippen molar-refractivity contribution in [2.45, 2.75) is 19.0 Å². The molecule has 1 aromatic heterocycles. The quantitative estimate of drug-likeness (QED) is 0.834. The second-order valence-electron chi connectivity index (χ2n) is 3.86. The average Bonchev–Trinajstić information content (AvgIpc) is 2.26. The van der Waals surface area contributed by atoms with Crippen LogP contribution in [0.15, 0.2) is 18.3 Å². The maximum absolute atomic E-state index is 12.6. The molecule has 1 unspecified atom stereocenters. The predicted molar refractivity (Wildman–Crippen MR) is 57.3 cm³/mol. The largest absolute Gasteiger partial charge is 0.387 e. The fourth-order valence-corrected chi connectivity index (χ4v) is 1.40. The Kier molecular flexibility index (Phi) is 5.37. The smallest absolute Gasteiger partial charge is 0.251 e. The van der Waals surface area contributed by atoms with Gasteiger partial charge < -0.3 is 10.0 Å². The van der Waals surface area contributed by atoms with E-state index >= 15 is 0 Å². The van der Waals surface area contributed by atoms with E-state index in [1.165, 1.54) is 17.0 Å². The Bertz CT molecular complexity index is 332. The van der Waals surface area contributed by atoms with Crippen molar-refractivity contribution >= 4 is 0 Å². The van der Waals surface area contributed by atoms with Crippen LogP contribution in [-0.2, 0) is 0 Å². The van der Waals surface area contributed by atoms with Gasteiger partial charge >= 0.3 is 0 Å². The summed E-state index contributed by atoms with van der Waals surface area (Å²) in [6.45, 7) is -0.00582. The molecule has 1 N–H and O–H groups in total. The van der Waals surface area contributed by atoms with Crippen molar-refractivity contribution in [1.29, 1.82) is 0 Å². The Balaban J connectivity index is 2.39. The average molecular weight is 248 g/mol. The summed E-state index contributed by atoms with van der Waals surface area (Å²) in [6, 6.07) is 2.58. The van der Waals surface area contributed by atoms with Gasteiger partial charge in [-0.3, -0.25) is 4.98 Å². The van der Waals surface area contributed by atoms with Gasteiger partial charge in [0.2, 0.25) is 0 Å². The summed E-state index contributed by atoms with van der Waals surface area (Å²) in [7, 11) is 1.55. The fourth-order valence-electron chi connectivity index (χ4n) is 1.40. The van der Waals surface area contributed by atoms with Crippen LogP contribution in [0.3, 0.4) is 0 Å². The predicted octanol–water partition coefficient (Wildman–Crippen LogP) is 1.84. The number of hydrogen-bond acceptors (Lipinski definition) is 3. The first-order valence-electron chi connectivity index (χ1n) is 5.25. The highest BCUT2D eigenvalue weighted by molar-refractivity contribution is 5.07. The van der Waals surface area contributed by atoms with Crippen molar-refractivity contribution in [3.8, 4) is 0 Å². The normalized spacial score (nSPS) is 13.4. The van der Waals surface area contributed by atoms with Crippen LogP contribution in [0.4, 0.5) is 13.2 Å². The molecular formula is C11H15F3N2O. The molecule has 1 atom stereocenters. The van der Waals surface area contributed by atoms with E-state index in [0.717, 1.165) is 6.20 Å². The minimum atomic E-state index is -2.39. The first-order valence-corrected chi connectivity index (χ1v) is 5.25. The van der Waals surface area contributed by atoms with Crippen LogP contribution in [0.2, 0.25) is 0 Å². The van der Waals surface area contributed by atoms with Crippen LogP contribution in [0, 0.1) is 5.82 Å². The van der Waals surface area contributed by atoms with Crippen molar-refractivity contribution in [1.82, 2.24) is 9.88 Å². The van der Waals surface area contributed by atoms with Gasteiger partial charge in [0, 0.05) is 6.54 Å². The molecule has 0 aromatic carbocycles. The van der Waals surface area contributed by atoms with E-state index in [-0.39, 0.29) is 13.0 Å². The van der Waals surface area contributed by atoms with Crippen LogP contribution < -0.4 is 0 Å². The summed E-state index contributed by atoms with van der Waals surface area (Å²) in [5.74, 6) is -0.476. The lowest BCUT2D eigenvalue weighted by molar-refractivity contribution is 0.0866. The summed E-state index contributed by atoms with van der Waals surface area (Å²) in [6.07, 6.45) is -1.96. The van der Waals surface area contributed by atoms with Gasteiger partial charge in [0.05, 0.1) is 24.5 Å². The molecule has 0 radical (unpaired) electrons. The van der Waals surface area contributed by atoms with Crippen molar-refractivity contribution in [2.24, 2.45) is 0 Å². The molecule has 3 nitrogen and oxygen atoms in total.